The van der Waals surface area contributed by atoms with Gasteiger partial charge in [0, 0.05) is 19.3 Å². The number of methoxy groups -OCH3 is 1. The molecule has 4 nitrogen and oxygen atoms in total. The van der Waals surface area contributed by atoms with E-state index in [-0.39, 0.29) is 12.2 Å². The van der Waals surface area contributed by atoms with E-state index in [2.05, 4.69) is 42.5 Å². The third-order valence-electron chi connectivity index (χ3n) is 6.72. The maximum atomic E-state index is 12.5. The van der Waals surface area contributed by atoms with E-state index in [0.717, 1.165) is 31.2 Å². The summed E-state index contributed by atoms with van der Waals surface area (Å²) in [5.74, 6) is 1.50. The Morgan fingerprint density at radius 3 is 2.08 bits per heavy atom. The number of unbranched alkanes of at least 4 members (excludes halogenated alkanes) is 4. The summed E-state index contributed by atoms with van der Waals surface area (Å²) in [6, 6.07) is 26.7. The third-order valence-corrected chi connectivity index (χ3v) is 6.72. The first-order valence-corrected chi connectivity index (χ1v) is 13.7. The largest absolute Gasteiger partial charge is 0.493 e. The van der Waals surface area contributed by atoms with Crippen molar-refractivity contribution in [2.45, 2.75) is 76.7 Å². The third kappa shape index (κ3) is 11.2. The first-order valence-electron chi connectivity index (χ1n) is 13.7. The molecular formula is C33H42O4. The standard InChI is InChI=1S/C33H42O4/c1-36-32-22-20-29(25-33(32)37-24-23-28-16-10-6-11-17-28)19-21-31(35)26-30(34)18-12-4-2-3-7-13-27-14-8-5-9-15-27/h5-6,8-11,14-17,20,22,25,30,34H,2-4,7,12-13,18-19,21,23-24,26H2,1H3. The lowest BCUT2D eigenvalue weighted by Gasteiger charge is -2.13. The van der Waals surface area contributed by atoms with E-state index in [9.17, 15) is 9.90 Å². The highest BCUT2D eigenvalue weighted by molar-refractivity contribution is 5.79. The molecule has 0 aliphatic heterocycles. The number of benzene rings is 3. The van der Waals surface area contributed by atoms with E-state index in [1.165, 1.54) is 30.4 Å². The molecule has 0 saturated carbocycles. The minimum absolute atomic E-state index is 0.109. The van der Waals surface area contributed by atoms with Gasteiger partial charge in [-0.3, -0.25) is 4.79 Å². The minimum atomic E-state index is -0.537. The summed E-state index contributed by atoms with van der Waals surface area (Å²) in [7, 11) is 1.63. The first-order chi connectivity index (χ1) is 18.1. The lowest BCUT2D eigenvalue weighted by Crippen LogP contribution is -2.14. The zero-order chi connectivity index (χ0) is 26.1. The van der Waals surface area contributed by atoms with Gasteiger partial charge in [0.05, 0.1) is 19.8 Å². The molecule has 0 aliphatic rings. The van der Waals surface area contributed by atoms with Gasteiger partial charge in [-0.25, -0.2) is 0 Å². The lowest BCUT2D eigenvalue weighted by molar-refractivity contribution is -0.121. The summed E-state index contributed by atoms with van der Waals surface area (Å²) in [6.45, 7) is 0.558. The molecule has 1 N–H and O–H groups in total. The van der Waals surface area contributed by atoms with Crippen molar-refractivity contribution in [2.24, 2.45) is 0 Å². The predicted octanol–water partition coefficient (Wildman–Crippen LogP) is 7.15. The van der Waals surface area contributed by atoms with Crippen molar-refractivity contribution in [1.29, 1.82) is 0 Å². The highest BCUT2D eigenvalue weighted by atomic mass is 16.5. The number of carbonyl (C=O) groups is 1. The second-order valence-corrected chi connectivity index (χ2v) is 9.76. The fourth-order valence-corrected chi connectivity index (χ4v) is 4.55. The van der Waals surface area contributed by atoms with E-state index in [0.29, 0.717) is 37.4 Å². The minimum Gasteiger partial charge on any atom is -0.493 e. The molecule has 1 unspecified atom stereocenters. The quantitative estimate of drug-likeness (QED) is 0.188. The Kier molecular flexibility index (Phi) is 12.8. The van der Waals surface area contributed by atoms with Gasteiger partial charge < -0.3 is 14.6 Å². The SMILES string of the molecule is COc1ccc(CCC(=O)CC(O)CCCCCCCc2ccccc2)cc1OCCc1ccccc1. The Morgan fingerprint density at radius 1 is 0.730 bits per heavy atom. The molecule has 0 heterocycles. The molecule has 0 saturated heterocycles. The first kappa shape index (κ1) is 28.5. The van der Waals surface area contributed by atoms with Crippen molar-refractivity contribution in [3.05, 3.63) is 95.6 Å². The zero-order valence-corrected chi connectivity index (χ0v) is 22.2. The fourth-order valence-electron chi connectivity index (χ4n) is 4.55. The molecular weight excluding hydrogens is 460 g/mol. The van der Waals surface area contributed by atoms with Gasteiger partial charge in [-0.2, -0.15) is 0 Å². The molecule has 0 amide bonds. The van der Waals surface area contributed by atoms with Gasteiger partial charge in [-0.05, 0) is 54.5 Å². The molecule has 3 rings (SSSR count). The molecule has 4 heteroatoms. The second-order valence-electron chi connectivity index (χ2n) is 9.76. The van der Waals surface area contributed by atoms with E-state index >= 15 is 0 Å². The molecule has 0 fully saturated rings. The van der Waals surface area contributed by atoms with Gasteiger partial charge in [0.15, 0.2) is 11.5 Å². The summed E-state index contributed by atoms with van der Waals surface area (Å²) in [5.41, 5.74) is 3.66. The number of carbonyl (C=O) groups excluding carboxylic acids is 1. The van der Waals surface area contributed by atoms with Crippen LogP contribution in [0.5, 0.6) is 11.5 Å². The van der Waals surface area contributed by atoms with Gasteiger partial charge >= 0.3 is 0 Å². The van der Waals surface area contributed by atoms with E-state index in [1.54, 1.807) is 7.11 Å². The Balaban J connectivity index is 1.29. The van der Waals surface area contributed by atoms with Crippen LogP contribution < -0.4 is 9.47 Å². The number of rotatable bonds is 18. The van der Waals surface area contributed by atoms with Crippen molar-refractivity contribution < 1.29 is 19.4 Å². The summed E-state index contributed by atoms with van der Waals surface area (Å²) in [4.78, 5) is 12.5. The monoisotopic (exact) mass is 502 g/mol. The van der Waals surface area contributed by atoms with Crippen LogP contribution in [0.1, 0.15) is 68.1 Å². The number of ketones is 1. The number of hydrogen-bond acceptors (Lipinski definition) is 4. The molecule has 0 spiro atoms. The number of aryl methyl sites for hydroxylation is 2. The molecule has 0 aromatic heterocycles. The average Bonchev–Trinajstić information content (AvgIpc) is 2.92. The fraction of sp³-hybridized carbons (Fsp3) is 0.424. The summed E-state index contributed by atoms with van der Waals surface area (Å²) >= 11 is 0. The van der Waals surface area contributed by atoms with Gasteiger partial charge in [0.25, 0.3) is 0 Å². The molecule has 3 aromatic rings. The Hall–Kier alpha value is -3.11. The summed E-state index contributed by atoms with van der Waals surface area (Å²) < 4.78 is 11.4. The van der Waals surface area contributed by atoms with E-state index < -0.39 is 6.10 Å². The molecule has 3 aromatic carbocycles. The van der Waals surface area contributed by atoms with Crippen molar-refractivity contribution in [1.82, 2.24) is 0 Å². The Labute approximate surface area is 222 Å². The lowest BCUT2D eigenvalue weighted by atomic mass is 10.00. The number of Topliss-reactive ketones (excluding diaryl/α,β-unsaturated/α-hetero) is 1. The number of aliphatic hydroxyl groups excluding tert-OH is 1. The average molecular weight is 503 g/mol. The van der Waals surface area contributed by atoms with Crippen LogP contribution >= 0.6 is 0 Å². The number of hydrogen-bond donors (Lipinski definition) is 1. The smallest absolute Gasteiger partial charge is 0.161 e. The number of aliphatic hydroxyl groups is 1. The van der Waals surface area contributed by atoms with Crippen LogP contribution in [0.4, 0.5) is 0 Å². The molecule has 37 heavy (non-hydrogen) atoms. The second kappa shape index (κ2) is 16.6. The molecule has 0 aliphatic carbocycles. The summed E-state index contributed by atoms with van der Waals surface area (Å²) in [5, 5.41) is 10.3. The van der Waals surface area contributed by atoms with Gasteiger partial charge in [0.2, 0.25) is 0 Å². The van der Waals surface area contributed by atoms with Crippen molar-refractivity contribution in [2.75, 3.05) is 13.7 Å². The Morgan fingerprint density at radius 2 is 1.38 bits per heavy atom. The van der Waals surface area contributed by atoms with Gasteiger partial charge in [-0.1, -0.05) is 92.4 Å². The molecule has 198 valence electrons. The van der Waals surface area contributed by atoms with Crippen LogP contribution in [0.3, 0.4) is 0 Å². The zero-order valence-electron chi connectivity index (χ0n) is 22.2. The Bertz CT molecular complexity index is 1030. The van der Waals surface area contributed by atoms with Crippen LogP contribution in [0.2, 0.25) is 0 Å². The normalized spacial score (nSPS) is 11.7. The highest BCUT2D eigenvalue weighted by Gasteiger charge is 2.12. The molecule has 1 atom stereocenters. The van der Waals surface area contributed by atoms with Crippen LogP contribution in [0, 0.1) is 0 Å². The maximum Gasteiger partial charge on any atom is 0.161 e. The van der Waals surface area contributed by atoms with Crippen LogP contribution in [0.15, 0.2) is 78.9 Å². The van der Waals surface area contributed by atoms with Crippen molar-refractivity contribution >= 4 is 5.78 Å². The highest BCUT2D eigenvalue weighted by Crippen LogP contribution is 2.29. The van der Waals surface area contributed by atoms with Crippen LogP contribution in [0.25, 0.3) is 0 Å². The van der Waals surface area contributed by atoms with Crippen molar-refractivity contribution in [3.63, 3.8) is 0 Å². The van der Waals surface area contributed by atoms with Crippen LogP contribution in [-0.2, 0) is 24.1 Å². The molecule has 0 bridgehead atoms. The van der Waals surface area contributed by atoms with Gasteiger partial charge in [-0.15, -0.1) is 0 Å². The topological polar surface area (TPSA) is 55.8 Å². The summed E-state index contributed by atoms with van der Waals surface area (Å²) in [6.07, 6.45) is 9.09. The van der Waals surface area contributed by atoms with E-state index in [1.807, 2.05) is 36.4 Å². The van der Waals surface area contributed by atoms with Crippen molar-refractivity contribution in [3.8, 4) is 11.5 Å². The van der Waals surface area contributed by atoms with Gasteiger partial charge in [0.1, 0.15) is 5.78 Å². The maximum absolute atomic E-state index is 12.5. The van der Waals surface area contributed by atoms with E-state index in [4.69, 9.17) is 9.47 Å². The molecule has 0 radical (unpaired) electrons. The number of ether oxygens (including phenoxy) is 2. The van der Waals surface area contributed by atoms with Crippen LogP contribution in [-0.4, -0.2) is 30.7 Å². The predicted molar refractivity (Wildman–Crippen MR) is 150 cm³/mol.